The lowest BCUT2D eigenvalue weighted by Gasteiger charge is -2.37. The van der Waals surface area contributed by atoms with Crippen LogP contribution >= 0.6 is 0 Å². The largest absolute Gasteiger partial charge is 0.367 e. The highest BCUT2D eigenvalue weighted by molar-refractivity contribution is 5.94. The molecule has 2 aliphatic rings. The Labute approximate surface area is 123 Å². The van der Waals surface area contributed by atoms with Crippen LogP contribution in [0.15, 0.2) is 4.52 Å². The van der Waals surface area contributed by atoms with Gasteiger partial charge in [0.25, 0.3) is 0 Å². The van der Waals surface area contributed by atoms with Crippen LogP contribution in [-0.4, -0.2) is 47.0 Å². The number of ketones is 1. The molecular formula is C15H20N2O4. The monoisotopic (exact) mass is 292 g/mol. The second-order valence-electron chi connectivity index (χ2n) is 5.91. The minimum atomic E-state index is -0.611. The Bertz CT molecular complexity index is 553. The number of amides is 1. The predicted octanol–water partition coefficient (Wildman–Crippen LogP) is 1.18. The van der Waals surface area contributed by atoms with Gasteiger partial charge >= 0.3 is 0 Å². The topological polar surface area (TPSA) is 72.6 Å². The van der Waals surface area contributed by atoms with Crippen molar-refractivity contribution >= 4 is 11.7 Å². The smallest absolute Gasteiger partial charge is 0.227 e. The molecule has 0 N–H and O–H groups in total. The third-order valence-corrected chi connectivity index (χ3v) is 4.59. The average molecular weight is 292 g/mol. The first kappa shape index (κ1) is 14.3. The Morgan fingerprint density at radius 1 is 1.38 bits per heavy atom. The van der Waals surface area contributed by atoms with Gasteiger partial charge in [0.1, 0.15) is 11.4 Å². The molecule has 2 aliphatic heterocycles. The Morgan fingerprint density at radius 3 is 2.76 bits per heavy atom. The number of Topliss-reactive ketones (excluding diaryl/α,β-unsaturated/α-hetero) is 1. The molecule has 21 heavy (non-hydrogen) atoms. The van der Waals surface area contributed by atoms with Gasteiger partial charge in [-0.3, -0.25) is 9.59 Å². The van der Waals surface area contributed by atoms with Crippen LogP contribution in [0.4, 0.5) is 0 Å². The number of nitrogens with zero attached hydrogens (tertiary/aromatic N) is 2. The third kappa shape index (κ3) is 2.48. The van der Waals surface area contributed by atoms with Gasteiger partial charge in [0.05, 0.1) is 18.7 Å². The summed E-state index contributed by atoms with van der Waals surface area (Å²) >= 11 is 0. The van der Waals surface area contributed by atoms with Crippen molar-refractivity contribution < 1.29 is 18.8 Å². The molecule has 3 heterocycles. The number of aryl methyl sites for hydroxylation is 2. The molecule has 1 aromatic heterocycles. The molecule has 6 nitrogen and oxygen atoms in total. The first-order chi connectivity index (χ1) is 10.0. The normalized spacial score (nSPS) is 25.8. The van der Waals surface area contributed by atoms with E-state index < -0.39 is 5.60 Å². The minimum Gasteiger partial charge on any atom is -0.367 e. The highest BCUT2D eigenvalue weighted by Crippen LogP contribution is 2.33. The fourth-order valence-electron chi connectivity index (χ4n) is 3.20. The molecule has 1 amide bonds. The zero-order valence-electron chi connectivity index (χ0n) is 12.5. The molecule has 114 valence electrons. The van der Waals surface area contributed by atoms with Crippen LogP contribution in [0.2, 0.25) is 0 Å². The van der Waals surface area contributed by atoms with Crippen LogP contribution in [0.5, 0.6) is 0 Å². The van der Waals surface area contributed by atoms with Crippen LogP contribution in [0, 0.1) is 13.8 Å². The van der Waals surface area contributed by atoms with Crippen LogP contribution in [0.25, 0.3) is 0 Å². The predicted molar refractivity (Wildman–Crippen MR) is 73.8 cm³/mol. The summed E-state index contributed by atoms with van der Waals surface area (Å²) in [4.78, 5) is 26.3. The Kier molecular flexibility index (Phi) is 3.57. The first-order valence-corrected chi connectivity index (χ1v) is 7.39. The van der Waals surface area contributed by atoms with Gasteiger partial charge in [-0.2, -0.15) is 0 Å². The van der Waals surface area contributed by atoms with Crippen molar-refractivity contribution in [3.05, 3.63) is 17.0 Å². The quantitative estimate of drug-likeness (QED) is 0.818. The zero-order chi connectivity index (χ0) is 15.0. The fourth-order valence-corrected chi connectivity index (χ4v) is 3.20. The fraction of sp³-hybridized carbons (Fsp3) is 0.667. The highest BCUT2D eigenvalue weighted by Gasteiger charge is 2.46. The Hall–Kier alpha value is -1.69. The second-order valence-corrected chi connectivity index (χ2v) is 5.91. The SMILES string of the molecule is Cc1noc(C)c1CC(=O)N1CCC2(CCCO2)C(=O)C1. The van der Waals surface area contributed by atoms with E-state index in [1.54, 1.807) is 11.8 Å². The van der Waals surface area contributed by atoms with Gasteiger partial charge in [-0.05, 0) is 26.7 Å². The number of hydrogen-bond donors (Lipinski definition) is 0. The highest BCUT2D eigenvalue weighted by atomic mass is 16.5. The number of rotatable bonds is 2. The molecule has 0 aliphatic carbocycles. The number of carbonyl (C=O) groups is 2. The summed E-state index contributed by atoms with van der Waals surface area (Å²) in [5.74, 6) is 0.656. The van der Waals surface area contributed by atoms with E-state index in [0.29, 0.717) is 25.3 Å². The maximum atomic E-state index is 12.4. The van der Waals surface area contributed by atoms with Gasteiger partial charge in [0, 0.05) is 25.1 Å². The summed E-state index contributed by atoms with van der Waals surface area (Å²) in [6.45, 7) is 5.00. The molecule has 6 heteroatoms. The number of ether oxygens (including phenoxy) is 1. The number of likely N-dealkylation sites (tertiary alicyclic amines) is 1. The van der Waals surface area contributed by atoms with Crippen molar-refractivity contribution in [3.8, 4) is 0 Å². The maximum Gasteiger partial charge on any atom is 0.227 e. The van der Waals surface area contributed by atoms with Gasteiger partial charge in [-0.1, -0.05) is 5.16 Å². The van der Waals surface area contributed by atoms with E-state index in [2.05, 4.69) is 5.16 Å². The molecule has 1 spiro atoms. The summed E-state index contributed by atoms with van der Waals surface area (Å²) in [7, 11) is 0. The number of aromatic nitrogens is 1. The van der Waals surface area contributed by atoms with E-state index in [4.69, 9.17) is 9.26 Å². The number of hydrogen-bond acceptors (Lipinski definition) is 5. The van der Waals surface area contributed by atoms with E-state index in [9.17, 15) is 9.59 Å². The van der Waals surface area contributed by atoms with Crippen LogP contribution in [0.3, 0.4) is 0 Å². The lowest BCUT2D eigenvalue weighted by atomic mass is 9.87. The van der Waals surface area contributed by atoms with Gasteiger partial charge in [0.15, 0.2) is 5.78 Å². The van der Waals surface area contributed by atoms with Crippen molar-refractivity contribution in [1.82, 2.24) is 10.1 Å². The van der Waals surface area contributed by atoms with E-state index >= 15 is 0 Å². The van der Waals surface area contributed by atoms with Crippen molar-refractivity contribution in [3.63, 3.8) is 0 Å². The molecule has 2 fully saturated rings. The van der Waals surface area contributed by atoms with Crippen LogP contribution in [-0.2, 0) is 20.7 Å². The van der Waals surface area contributed by atoms with Crippen molar-refractivity contribution in [2.24, 2.45) is 0 Å². The van der Waals surface area contributed by atoms with Crippen LogP contribution in [0.1, 0.15) is 36.3 Å². The van der Waals surface area contributed by atoms with Crippen molar-refractivity contribution in [2.75, 3.05) is 19.7 Å². The zero-order valence-corrected chi connectivity index (χ0v) is 12.5. The van der Waals surface area contributed by atoms with Gasteiger partial charge < -0.3 is 14.2 Å². The van der Waals surface area contributed by atoms with Gasteiger partial charge in [-0.25, -0.2) is 0 Å². The molecule has 0 saturated carbocycles. The molecule has 3 rings (SSSR count). The third-order valence-electron chi connectivity index (χ3n) is 4.59. The maximum absolute atomic E-state index is 12.4. The molecule has 0 bridgehead atoms. The summed E-state index contributed by atoms with van der Waals surface area (Å²) in [6.07, 6.45) is 2.57. The minimum absolute atomic E-state index is 0.0402. The molecule has 1 aromatic rings. The standard InChI is InChI=1S/C15H20N2O4/c1-10-12(11(2)21-16-10)8-14(19)17-6-5-15(13(18)9-17)4-3-7-20-15/h3-9H2,1-2H3. The first-order valence-electron chi connectivity index (χ1n) is 7.39. The summed E-state index contributed by atoms with van der Waals surface area (Å²) < 4.78 is 10.7. The summed E-state index contributed by atoms with van der Waals surface area (Å²) in [5, 5.41) is 3.85. The van der Waals surface area contributed by atoms with E-state index in [0.717, 1.165) is 24.1 Å². The second kappa shape index (κ2) is 5.26. The Morgan fingerprint density at radius 2 is 2.19 bits per heavy atom. The Balaban J connectivity index is 1.66. The van der Waals surface area contributed by atoms with E-state index in [-0.39, 0.29) is 24.7 Å². The number of piperidine rings is 1. The summed E-state index contributed by atoms with van der Waals surface area (Å²) in [6, 6.07) is 0. The molecule has 0 aromatic carbocycles. The van der Waals surface area contributed by atoms with Crippen molar-refractivity contribution in [1.29, 1.82) is 0 Å². The molecule has 2 saturated heterocycles. The lowest BCUT2D eigenvalue weighted by Crippen LogP contribution is -2.54. The average Bonchev–Trinajstić information content (AvgIpc) is 3.05. The number of carbonyl (C=O) groups excluding carboxylic acids is 2. The molecule has 1 atom stereocenters. The lowest BCUT2D eigenvalue weighted by molar-refractivity contribution is -0.152. The molecule has 1 unspecified atom stereocenters. The van der Waals surface area contributed by atoms with E-state index in [1.807, 2.05) is 6.92 Å². The van der Waals surface area contributed by atoms with Gasteiger partial charge in [0.2, 0.25) is 5.91 Å². The van der Waals surface area contributed by atoms with E-state index in [1.165, 1.54) is 0 Å². The van der Waals surface area contributed by atoms with Crippen LogP contribution < -0.4 is 0 Å². The van der Waals surface area contributed by atoms with Gasteiger partial charge in [-0.15, -0.1) is 0 Å². The van der Waals surface area contributed by atoms with Crippen molar-refractivity contribution in [2.45, 2.75) is 45.1 Å². The molecule has 0 radical (unpaired) electrons. The summed E-state index contributed by atoms with van der Waals surface area (Å²) in [5.41, 5.74) is 0.949. The molecular weight excluding hydrogens is 272 g/mol.